The van der Waals surface area contributed by atoms with Crippen molar-refractivity contribution in [1.82, 2.24) is 8.61 Å². The SMILES string of the molecule is CN(CC(=O)Nc1ccc(F)c(S(=O)(=O)N2CCOCC2)c1)S(=O)(=O)c1cccs1. The summed E-state index contributed by atoms with van der Waals surface area (Å²) in [4.78, 5) is 11.7. The fraction of sp³-hybridized carbons (Fsp3) is 0.353. The van der Waals surface area contributed by atoms with E-state index in [-0.39, 0.29) is 36.2 Å². The van der Waals surface area contributed by atoms with E-state index in [1.54, 1.807) is 11.4 Å². The monoisotopic (exact) mass is 477 g/mol. The second-order valence-electron chi connectivity index (χ2n) is 6.40. The van der Waals surface area contributed by atoms with Gasteiger partial charge in [-0.3, -0.25) is 4.79 Å². The predicted molar refractivity (Wildman–Crippen MR) is 109 cm³/mol. The molecule has 0 aliphatic carbocycles. The maximum Gasteiger partial charge on any atom is 0.252 e. The number of carbonyl (C=O) groups excluding carboxylic acids is 1. The fourth-order valence-corrected chi connectivity index (χ4v) is 6.58. The van der Waals surface area contributed by atoms with Gasteiger partial charge in [0.2, 0.25) is 15.9 Å². The van der Waals surface area contributed by atoms with Crippen LogP contribution >= 0.6 is 11.3 Å². The van der Waals surface area contributed by atoms with Crippen LogP contribution in [0.25, 0.3) is 0 Å². The van der Waals surface area contributed by atoms with Gasteiger partial charge in [-0.05, 0) is 29.6 Å². The molecule has 0 spiro atoms. The number of morpholine rings is 1. The number of nitrogens with zero attached hydrogens (tertiary/aromatic N) is 2. The molecule has 1 amide bonds. The van der Waals surface area contributed by atoms with Crippen LogP contribution < -0.4 is 5.32 Å². The number of likely N-dealkylation sites (N-methyl/N-ethyl adjacent to an activating group) is 1. The Morgan fingerprint density at radius 2 is 1.93 bits per heavy atom. The van der Waals surface area contributed by atoms with Gasteiger partial charge >= 0.3 is 0 Å². The van der Waals surface area contributed by atoms with E-state index in [0.29, 0.717) is 0 Å². The summed E-state index contributed by atoms with van der Waals surface area (Å²) in [5.74, 6) is -1.64. The highest BCUT2D eigenvalue weighted by molar-refractivity contribution is 7.91. The van der Waals surface area contributed by atoms with Crippen LogP contribution in [0.4, 0.5) is 10.1 Å². The molecule has 30 heavy (non-hydrogen) atoms. The number of nitrogens with one attached hydrogen (secondary N) is 1. The summed E-state index contributed by atoms with van der Waals surface area (Å²) in [5, 5.41) is 4.02. The molecule has 9 nitrogen and oxygen atoms in total. The highest BCUT2D eigenvalue weighted by Gasteiger charge is 2.29. The highest BCUT2D eigenvalue weighted by atomic mass is 32.2. The first-order chi connectivity index (χ1) is 14.1. The van der Waals surface area contributed by atoms with E-state index in [9.17, 15) is 26.0 Å². The van der Waals surface area contributed by atoms with Gasteiger partial charge in [-0.1, -0.05) is 6.07 Å². The summed E-state index contributed by atoms with van der Waals surface area (Å²) in [6.07, 6.45) is 0. The molecule has 1 aliphatic heterocycles. The first kappa shape index (κ1) is 22.8. The first-order valence-corrected chi connectivity index (χ1v) is 12.6. The Hall–Kier alpha value is -1.90. The Bertz CT molecular complexity index is 1110. The fourth-order valence-electron chi connectivity index (χ4n) is 2.76. The number of sulfonamides is 2. The molecule has 0 atom stereocenters. The molecule has 2 heterocycles. The summed E-state index contributed by atoms with van der Waals surface area (Å²) in [7, 11) is -6.67. The van der Waals surface area contributed by atoms with Crippen LogP contribution in [-0.2, 0) is 29.6 Å². The number of hydrogen-bond donors (Lipinski definition) is 1. The zero-order valence-corrected chi connectivity index (χ0v) is 18.4. The van der Waals surface area contributed by atoms with Crippen LogP contribution in [0.1, 0.15) is 0 Å². The van der Waals surface area contributed by atoms with Gasteiger partial charge in [-0.25, -0.2) is 21.2 Å². The van der Waals surface area contributed by atoms with Crippen LogP contribution in [0, 0.1) is 5.82 Å². The van der Waals surface area contributed by atoms with Crippen molar-refractivity contribution in [1.29, 1.82) is 0 Å². The second-order valence-corrected chi connectivity index (χ2v) is 11.5. The molecule has 1 fully saturated rings. The van der Waals surface area contributed by atoms with E-state index < -0.39 is 43.2 Å². The van der Waals surface area contributed by atoms with E-state index in [1.807, 2.05) is 0 Å². The van der Waals surface area contributed by atoms with Crippen LogP contribution in [0.5, 0.6) is 0 Å². The lowest BCUT2D eigenvalue weighted by Crippen LogP contribution is -2.41. The minimum atomic E-state index is -4.10. The van der Waals surface area contributed by atoms with Crippen LogP contribution in [0.15, 0.2) is 44.8 Å². The quantitative estimate of drug-likeness (QED) is 0.641. The molecule has 1 aromatic heterocycles. The lowest BCUT2D eigenvalue weighted by Gasteiger charge is -2.26. The van der Waals surface area contributed by atoms with Gasteiger partial charge in [0.1, 0.15) is 14.9 Å². The van der Waals surface area contributed by atoms with E-state index in [1.165, 1.54) is 19.2 Å². The molecule has 0 saturated carbocycles. The average Bonchev–Trinajstić information content (AvgIpc) is 3.25. The Balaban J connectivity index is 1.74. The van der Waals surface area contributed by atoms with Gasteiger partial charge in [0, 0.05) is 25.8 Å². The molecule has 1 aromatic carbocycles. The lowest BCUT2D eigenvalue weighted by atomic mass is 10.3. The summed E-state index contributed by atoms with van der Waals surface area (Å²) >= 11 is 1.03. The van der Waals surface area contributed by atoms with Crippen molar-refractivity contribution < 1.29 is 30.8 Å². The maximum atomic E-state index is 14.2. The number of anilines is 1. The number of ether oxygens (including phenoxy) is 1. The number of benzene rings is 1. The van der Waals surface area contributed by atoms with Crippen molar-refractivity contribution in [3.8, 4) is 0 Å². The number of halogens is 1. The van der Waals surface area contributed by atoms with Crippen LogP contribution in [0.2, 0.25) is 0 Å². The van der Waals surface area contributed by atoms with Gasteiger partial charge < -0.3 is 10.1 Å². The minimum absolute atomic E-state index is 0.0372. The second kappa shape index (κ2) is 9.08. The van der Waals surface area contributed by atoms with Crippen molar-refractivity contribution in [3.05, 3.63) is 41.5 Å². The molecular formula is C17H20FN3O6S3. The van der Waals surface area contributed by atoms with Crippen molar-refractivity contribution in [2.45, 2.75) is 9.10 Å². The van der Waals surface area contributed by atoms with Gasteiger partial charge in [0.25, 0.3) is 10.0 Å². The largest absolute Gasteiger partial charge is 0.379 e. The standard InChI is InChI=1S/C17H20FN3O6S3/c1-20(30(25,26)17-3-2-10-28-17)12-16(22)19-13-4-5-14(18)15(11-13)29(23,24)21-6-8-27-9-7-21/h2-5,10-11H,6-9,12H2,1H3,(H,19,22). The smallest absolute Gasteiger partial charge is 0.252 e. The van der Waals surface area contributed by atoms with E-state index in [4.69, 9.17) is 4.74 Å². The van der Waals surface area contributed by atoms with Gasteiger partial charge in [-0.15, -0.1) is 11.3 Å². The lowest BCUT2D eigenvalue weighted by molar-refractivity contribution is -0.116. The average molecular weight is 478 g/mol. The molecule has 0 bridgehead atoms. The zero-order chi connectivity index (χ0) is 21.9. The molecule has 3 rings (SSSR count). The zero-order valence-electron chi connectivity index (χ0n) is 15.9. The molecule has 1 N–H and O–H groups in total. The van der Waals surface area contributed by atoms with Gasteiger partial charge in [-0.2, -0.15) is 8.61 Å². The van der Waals surface area contributed by atoms with Crippen molar-refractivity contribution >= 4 is 43.0 Å². The Labute approximate surface area is 178 Å². The van der Waals surface area contributed by atoms with Crippen LogP contribution in [0.3, 0.4) is 0 Å². The summed E-state index contributed by atoms with van der Waals surface area (Å²) < 4.78 is 71.7. The molecule has 164 valence electrons. The van der Waals surface area contributed by atoms with E-state index >= 15 is 0 Å². The third-order valence-corrected chi connectivity index (χ3v) is 9.42. The molecule has 1 aliphatic rings. The number of amides is 1. The van der Waals surface area contributed by atoms with E-state index in [0.717, 1.165) is 32.1 Å². The van der Waals surface area contributed by atoms with Crippen molar-refractivity contribution in [2.24, 2.45) is 0 Å². The number of hydrogen-bond acceptors (Lipinski definition) is 7. The third kappa shape index (κ3) is 4.87. The summed E-state index contributed by atoms with van der Waals surface area (Å²) in [5.41, 5.74) is 0.0372. The molecular weight excluding hydrogens is 457 g/mol. The molecule has 0 unspecified atom stereocenters. The number of rotatable bonds is 7. The predicted octanol–water partition coefficient (Wildman–Crippen LogP) is 1.17. The van der Waals surface area contributed by atoms with Crippen molar-refractivity contribution in [3.63, 3.8) is 0 Å². The number of carbonyl (C=O) groups is 1. The van der Waals surface area contributed by atoms with Gasteiger partial charge in [0.15, 0.2) is 0 Å². The first-order valence-electron chi connectivity index (χ1n) is 8.79. The molecule has 0 radical (unpaired) electrons. The van der Waals surface area contributed by atoms with Crippen molar-refractivity contribution in [2.75, 3.05) is 45.2 Å². The topological polar surface area (TPSA) is 113 Å². The van der Waals surface area contributed by atoms with Crippen LogP contribution in [-0.4, -0.2) is 71.2 Å². The minimum Gasteiger partial charge on any atom is -0.379 e. The molecule has 13 heteroatoms. The molecule has 1 saturated heterocycles. The normalized spacial score (nSPS) is 16.0. The maximum absolute atomic E-state index is 14.2. The molecule has 2 aromatic rings. The summed E-state index contributed by atoms with van der Waals surface area (Å²) in [6.45, 7) is 0.126. The third-order valence-electron chi connectivity index (χ3n) is 4.33. The van der Waals surface area contributed by atoms with E-state index in [2.05, 4.69) is 5.32 Å². The summed E-state index contributed by atoms with van der Waals surface area (Å²) in [6, 6.07) is 6.18. The Morgan fingerprint density at radius 3 is 2.57 bits per heavy atom. The Kier molecular flexibility index (Phi) is 6.89. The van der Waals surface area contributed by atoms with Gasteiger partial charge in [0.05, 0.1) is 19.8 Å². The highest BCUT2D eigenvalue weighted by Crippen LogP contribution is 2.24. The Morgan fingerprint density at radius 1 is 1.23 bits per heavy atom. The number of thiophene rings is 1.